The van der Waals surface area contributed by atoms with Crippen molar-refractivity contribution in [3.8, 4) is 11.1 Å². The van der Waals surface area contributed by atoms with Crippen LogP contribution in [0.3, 0.4) is 0 Å². The number of halogens is 1. The summed E-state index contributed by atoms with van der Waals surface area (Å²) >= 11 is 6.00. The summed E-state index contributed by atoms with van der Waals surface area (Å²) in [6.45, 7) is 0. The lowest BCUT2D eigenvalue weighted by Crippen LogP contribution is -2.20. The number of carbonyl (C=O) groups excluding carboxylic acids is 1. The minimum absolute atomic E-state index is 0.00415. The van der Waals surface area contributed by atoms with Crippen molar-refractivity contribution in [3.05, 3.63) is 59.1 Å². The van der Waals surface area contributed by atoms with Crippen LogP contribution in [-0.4, -0.2) is 13.0 Å². The summed E-state index contributed by atoms with van der Waals surface area (Å²) in [5.74, 6) is 0.00415. The molecule has 0 saturated heterocycles. The summed E-state index contributed by atoms with van der Waals surface area (Å²) in [6, 6.07) is 15.5. The number of nitrogens with one attached hydrogen (secondary N) is 1. The van der Waals surface area contributed by atoms with Crippen molar-refractivity contribution in [1.82, 2.24) is 5.32 Å². The van der Waals surface area contributed by atoms with Gasteiger partial charge in [-0.15, -0.1) is 0 Å². The lowest BCUT2D eigenvalue weighted by atomic mass is 9.97. The largest absolute Gasteiger partial charge is 0.359 e. The molecule has 92 valence electrons. The molecule has 0 aliphatic heterocycles. The fraction of sp³-hybridized carbons (Fsp3) is 0.133. The van der Waals surface area contributed by atoms with Gasteiger partial charge in [-0.05, 0) is 28.8 Å². The monoisotopic (exact) mass is 259 g/mol. The quantitative estimate of drug-likeness (QED) is 0.900. The predicted octanol–water partition coefficient (Wildman–Crippen LogP) is 3.30. The molecular formula is C15H14ClNO. The SMILES string of the molecule is CNC(=O)Cc1ccccc1-c1cccc(Cl)c1. The van der Waals surface area contributed by atoms with E-state index in [1.54, 1.807) is 7.05 Å². The van der Waals surface area contributed by atoms with Crippen molar-refractivity contribution < 1.29 is 4.79 Å². The second-order valence-electron chi connectivity index (χ2n) is 4.02. The van der Waals surface area contributed by atoms with Gasteiger partial charge in [0.2, 0.25) is 5.91 Å². The van der Waals surface area contributed by atoms with Gasteiger partial charge in [-0.3, -0.25) is 4.79 Å². The molecule has 0 aliphatic carbocycles. The first-order chi connectivity index (χ1) is 8.70. The van der Waals surface area contributed by atoms with Crippen LogP contribution in [0.15, 0.2) is 48.5 Å². The summed E-state index contributed by atoms with van der Waals surface area (Å²) in [5.41, 5.74) is 3.07. The van der Waals surface area contributed by atoms with Crippen LogP contribution in [0, 0.1) is 0 Å². The van der Waals surface area contributed by atoms with E-state index in [9.17, 15) is 4.79 Å². The minimum Gasteiger partial charge on any atom is -0.359 e. The van der Waals surface area contributed by atoms with Gasteiger partial charge in [0.1, 0.15) is 0 Å². The molecule has 2 aromatic rings. The van der Waals surface area contributed by atoms with E-state index < -0.39 is 0 Å². The summed E-state index contributed by atoms with van der Waals surface area (Å²) in [4.78, 5) is 11.5. The first-order valence-electron chi connectivity index (χ1n) is 5.75. The van der Waals surface area contributed by atoms with E-state index in [2.05, 4.69) is 5.32 Å². The van der Waals surface area contributed by atoms with Gasteiger partial charge < -0.3 is 5.32 Å². The first kappa shape index (κ1) is 12.7. The Morgan fingerprint density at radius 3 is 2.67 bits per heavy atom. The number of hydrogen-bond acceptors (Lipinski definition) is 1. The van der Waals surface area contributed by atoms with E-state index in [4.69, 9.17) is 11.6 Å². The van der Waals surface area contributed by atoms with Gasteiger partial charge >= 0.3 is 0 Å². The van der Waals surface area contributed by atoms with Crippen molar-refractivity contribution in [2.75, 3.05) is 7.05 Å². The van der Waals surface area contributed by atoms with Gasteiger partial charge in [-0.1, -0.05) is 48.0 Å². The molecule has 2 aromatic carbocycles. The number of rotatable bonds is 3. The van der Waals surface area contributed by atoms with Crippen LogP contribution in [0.25, 0.3) is 11.1 Å². The molecule has 3 heteroatoms. The number of likely N-dealkylation sites (N-methyl/N-ethyl adjacent to an activating group) is 1. The number of hydrogen-bond donors (Lipinski definition) is 1. The molecule has 2 rings (SSSR count). The standard InChI is InChI=1S/C15H14ClNO/c1-17-15(18)10-12-5-2-3-8-14(12)11-6-4-7-13(16)9-11/h2-9H,10H2,1H3,(H,17,18). The maximum atomic E-state index is 11.5. The third-order valence-corrected chi connectivity index (χ3v) is 3.02. The third kappa shape index (κ3) is 2.90. The Morgan fingerprint density at radius 1 is 1.17 bits per heavy atom. The Morgan fingerprint density at radius 2 is 1.94 bits per heavy atom. The van der Waals surface area contributed by atoms with Gasteiger partial charge in [0.25, 0.3) is 0 Å². The summed E-state index contributed by atoms with van der Waals surface area (Å²) in [6.07, 6.45) is 0.374. The van der Waals surface area contributed by atoms with Crippen LogP contribution in [-0.2, 0) is 11.2 Å². The van der Waals surface area contributed by atoms with Crippen LogP contribution < -0.4 is 5.32 Å². The Kier molecular flexibility index (Phi) is 4.00. The molecule has 1 N–H and O–H groups in total. The maximum Gasteiger partial charge on any atom is 0.224 e. The average molecular weight is 260 g/mol. The molecule has 1 amide bonds. The molecular weight excluding hydrogens is 246 g/mol. The van der Waals surface area contributed by atoms with E-state index in [1.807, 2.05) is 48.5 Å². The van der Waals surface area contributed by atoms with Crippen molar-refractivity contribution in [2.24, 2.45) is 0 Å². The van der Waals surface area contributed by atoms with Gasteiger partial charge in [-0.25, -0.2) is 0 Å². The predicted molar refractivity (Wildman–Crippen MR) is 74.7 cm³/mol. The van der Waals surface area contributed by atoms with E-state index in [0.29, 0.717) is 11.4 Å². The molecule has 0 heterocycles. The highest BCUT2D eigenvalue weighted by Gasteiger charge is 2.08. The molecule has 0 radical (unpaired) electrons. The Labute approximate surface area is 112 Å². The van der Waals surface area contributed by atoms with E-state index in [1.165, 1.54) is 0 Å². The van der Waals surface area contributed by atoms with Crippen LogP contribution in [0.1, 0.15) is 5.56 Å². The second kappa shape index (κ2) is 5.69. The Hall–Kier alpha value is -1.80. The van der Waals surface area contributed by atoms with Crippen molar-refractivity contribution in [3.63, 3.8) is 0 Å². The normalized spacial score (nSPS) is 10.1. The molecule has 0 saturated carbocycles. The highest BCUT2D eigenvalue weighted by atomic mass is 35.5. The van der Waals surface area contributed by atoms with Crippen LogP contribution >= 0.6 is 11.6 Å². The number of carbonyl (C=O) groups is 1. The highest BCUT2D eigenvalue weighted by molar-refractivity contribution is 6.30. The van der Waals surface area contributed by atoms with E-state index in [-0.39, 0.29) is 5.91 Å². The lowest BCUT2D eigenvalue weighted by Gasteiger charge is -2.09. The van der Waals surface area contributed by atoms with Crippen molar-refractivity contribution in [1.29, 1.82) is 0 Å². The summed E-state index contributed by atoms with van der Waals surface area (Å²) in [7, 11) is 1.64. The fourth-order valence-electron chi connectivity index (χ4n) is 1.87. The topological polar surface area (TPSA) is 29.1 Å². The molecule has 0 aliphatic rings. The molecule has 0 unspecified atom stereocenters. The number of amides is 1. The lowest BCUT2D eigenvalue weighted by molar-refractivity contribution is -0.119. The molecule has 18 heavy (non-hydrogen) atoms. The maximum absolute atomic E-state index is 11.5. The summed E-state index contributed by atoms with van der Waals surface area (Å²) < 4.78 is 0. The highest BCUT2D eigenvalue weighted by Crippen LogP contribution is 2.26. The van der Waals surface area contributed by atoms with Gasteiger partial charge in [0.15, 0.2) is 0 Å². The van der Waals surface area contributed by atoms with Gasteiger partial charge in [0, 0.05) is 12.1 Å². The van der Waals surface area contributed by atoms with E-state index in [0.717, 1.165) is 16.7 Å². The van der Waals surface area contributed by atoms with Crippen LogP contribution in [0.5, 0.6) is 0 Å². The summed E-state index contributed by atoms with van der Waals surface area (Å²) in [5, 5.41) is 3.34. The zero-order valence-electron chi connectivity index (χ0n) is 10.1. The molecule has 2 nitrogen and oxygen atoms in total. The zero-order chi connectivity index (χ0) is 13.0. The zero-order valence-corrected chi connectivity index (χ0v) is 10.9. The van der Waals surface area contributed by atoms with Crippen molar-refractivity contribution >= 4 is 17.5 Å². The molecule has 0 spiro atoms. The third-order valence-electron chi connectivity index (χ3n) is 2.78. The van der Waals surface area contributed by atoms with Gasteiger partial charge in [-0.2, -0.15) is 0 Å². The first-order valence-corrected chi connectivity index (χ1v) is 6.13. The Balaban J connectivity index is 2.41. The van der Waals surface area contributed by atoms with Gasteiger partial charge in [0.05, 0.1) is 6.42 Å². The smallest absolute Gasteiger partial charge is 0.224 e. The molecule has 0 fully saturated rings. The van der Waals surface area contributed by atoms with E-state index >= 15 is 0 Å². The number of benzene rings is 2. The molecule has 0 bridgehead atoms. The Bertz CT molecular complexity index is 566. The molecule has 0 atom stereocenters. The minimum atomic E-state index is 0.00415. The van der Waals surface area contributed by atoms with Crippen LogP contribution in [0.4, 0.5) is 0 Å². The van der Waals surface area contributed by atoms with Crippen LogP contribution in [0.2, 0.25) is 5.02 Å². The second-order valence-corrected chi connectivity index (χ2v) is 4.45. The van der Waals surface area contributed by atoms with Crippen molar-refractivity contribution in [2.45, 2.75) is 6.42 Å². The fourth-order valence-corrected chi connectivity index (χ4v) is 2.06. The molecule has 0 aromatic heterocycles. The average Bonchev–Trinajstić information content (AvgIpc) is 2.39.